The van der Waals surface area contributed by atoms with E-state index in [1.165, 1.54) is 0 Å². The Bertz CT molecular complexity index is 623. The lowest BCUT2D eigenvalue weighted by Gasteiger charge is -2.26. The Labute approximate surface area is 117 Å². The van der Waals surface area contributed by atoms with Crippen molar-refractivity contribution in [2.75, 3.05) is 6.61 Å². The predicted octanol–water partition coefficient (Wildman–Crippen LogP) is 2.64. The Hall–Kier alpha value is -2.36. The van der Waals surface area contributed by atoms with Crippen molar-refractivity contribution in [1.29, 1.82) is 0 Å². The predicted molar refractivity (Wildman–Crippen MR) is 75.7 cm³/mol. The lowest BCUT2D eigenvalue weighted by molar-refractivity contribution is 0.0924. The zero-order chi connectivity index (χ0) is 13.9. The van der Waals surface area contributed by atoms with Crippen molar-refractivity contribution in [1.82, 2.24) is 10.3 Å². The zero-order valence-corrected chi connectivity index (χ0v) is 11.3. The number of amides is 1. The third kappa shape index (κ3) is 2.50. The fraction of sp³-hybridized carbons (Fsp3) is 0.250. The summed E-state index contributed by atoms with van der Waals surface area (Å²) < 4.78 is 5.59. The monoisotopic (exact) mass is 268 g/mol. The molecule has 0 bridgehead atoms. The summed E-state index contributed by atoms with van der Waals surface area (Å²) in [5.41, 5.74) is 2.52. The van der Waals surface area contributed by atoms with Gasteiger partial charge in [-0.2, -0.15) is 0 Å². The molecule has 4 nitrogen and oxygen atoms in total. The molecule has 0 radical (unpaired) electrons. The van der Waals surface area contributed by atoms with E-state index in [0.29, 0.717) is 12.2 Å². The Kier molecular flexibility index (Phi) is 3.37. The van der Waals surface area contributed by atoms with Crippen molar-refractivity contribution in [2.24, 2.45) is 0 Å². The van der Waals surface area contributed by atoms with E-state index in [-0.39, 0.29) is 11.9 Å². The molecule has 20 heavy (non-hydrogen) atoms. The van der Waals surface area contributed by atoms with Crippen LogP contribution in [0, 0.1) is 6.92 Å². The maximum atomic E-state index is 12.2. The number of aromatic nitrogens is 1. The number of nitrogens with zero attached hydrogens (tertiary/aromatic N) is 1. The number of nitrogens with one attached hydrogen (secondary N) is 1. The summed E-state index contributed by atoms with van der Waals surface area (Å²) in [6.07, 6.45) is 2.39. The minimum Gasteiger partial charge on any atom is -0.493 e. The van der Waals surface area contributed by atoms with Gasteiger partial charge in [0.25, 0.3) is 5.91 Å². The van der Waals surface area contributed by atoms with Crippen LogP contribution < -0.4 is 10.1 Å². The molecule has 0 saturated heterocycles. The van der Waals surface area contributed by atoms with Gasteiger partial charge in [-0.3, -0.25) is 9.78 Å². The molecule has 1 unspecified atom stereocenters. The van der Waals surface area contributed by atoms with Gasteiger partial charge in [0, 0.05) is 23.9 Å². The molecule has 4 heteroatoms. The van der Waals surface area contributed by atoms with E-state index in [1.54, 1.807) is 12.3 Å². The van der Waals surface area contributed by atoms with Gasteiger partial charge in [0.15, 0.2) is 0 Å². The highest BCUT2D eigenvalue weighted by atomic mass is 16.5. The van der Waals surface area contributed by atoms with Crippen molar-refractivity contribution >= 4 is 5.91 Å². The van der Waals surface area contributed by atoms with E-state index in [2.05, 4.69) is 10.3 Å². The van der Waals surface area contributed by atoms with Crippen LogP contribution in [0.2, 0.25) is 0 Å². The molecule has 0 fully saturated rings. The maximum absolute atomic E-state index is 12.2. The molecule has 1 N–H and O–H groups in total. The standard InChI is InChI=1S/C16H16N2O2/c1-11-6-7-12(10-17-11)16(19)18-14-8-9-20-15-5-3-2-4-13(14)15/h2-7,10,14H,8-9H2,1H3,(H,18,19). The number of fused-ring (bicyclic) bond motifs is 1. The number of aryl methyl sites for hydroxylation is 1. The second-order valence-corrected chi connectivity index (χ2v) is 4.89. The largest absolute Gasteiger partial charge is 0.493 e. The summed E-state index contributed by atoms with van der Waals surface area (Å²) in [5.74, 6) is 0.755. The minimum absolute atomic E-state index is 0.00578. The van der Waals surface area contributed by atoms with E-state index in [0.717, 1.165) is 23.4 Å². The SMILES string of the molecule is Cc1ccc(C(=O)NC2CCOc3ccccc32)cn1. The Morgan fingerprint density at radius 1 is 1.30 bits per heavy atom. The van der Waals surface area contributed by atoms with Crippen molar-refractivity contribution in [3.8, 4) is 5.75 Å². The number of ether oxygens (including phenoxy) is 1. The zero-order valence-electron chi connectivity index (χ0n) is 11.3. The maximum Gasteiger partial charge on any atom is 0.253 e. The lowest BCUT2D eigenvalue weighted by atomic mass is 10.0. The minimum atomic E-state index is -0.0980. The van der Waals surface area contributed by atoms with Crippen LogP contribution in [-0.2, 0) is 0 Å². The van der Waals surface area contributed by atoms with Crippen molar-refractivity contribution in [2.45, 2.75) is 19.4 Å². The molecule has 1 atom stereocenters. The molecule has 1 amide bonds. The van der Waals surface area contributed by atoms with Gasteiger partial charge in [0.05, 0.1) is 18.2 Å². The molecule has 1 aliphatic rings. The van der Waals surface area contributed by atoms with E-state index >= 15 is 0 Å². The molecule has 102 valence electrons. The van der Waals surface area contributed by atoms with Crippen molar-refractivity contribution in [3.63, 3.8) is 0 Å². The highest BCUT2D eigenvalue weighted by Gasteiger charge is 2.22. The Balaban J connectivity index is 1.79. The van der Waals surface area contributed by atoms with Crippen LogP contribution in [0.15, 0.2) is 42.6 Å². The van der Waals surface area contributed by atoms with Gasteiger partial charge >= 0.3 is 0 Å². The van der Waals surface area contributed by atoms with Crippen LogP contribution in [-0.4, -0.2) is 17.5 Å². The molecular formula is C16H16N2O2. The van der Waals surface area contributed by atoms with Crippen LogP contribution in [0.5, 0.6) is 5.75 Å². The topological polar surface area (TPSA) is 51.2 Å². The average molecular weight is 268 g/mol. The average Bonchev–Trinajstić information content (AvgIpc) is 2.48. The smallest absolute Gasteiger partial charge is 0.253 e. The molecular weight excluding hydrogens is 252 g/mol. The van der Waals surface area contributed by atoms with Gasteiger partial charge in [0.1, 0.15) is 5.75 Å². The van der Waals surface area contributed by atoms with E-state index in [4.69, 9.17) is 4.74 Å². The Morgan fingerprint density at radius 3 is 2.95 bits per heavy atom. The van der Waals surface area contributed by atoms with Crippen LogP contribution >= 0.6 is 0 Å². The van der Waals surface area contributed by atoms with Gasteiger partial charge < -0.3 is 10.1 Å². The summed E-state index contributed by atoms with van der Waals surface area (Å²) in [5, 5.41) is 3.05. The van der Waals surface area contributed by atoms with Gasteiger partial charge in [0.2, 0.25) is 0 Å². The van der Waals surface area contributed by atoms with E-state index in [1.807, 2.05) is 37.3 Å². The lowest BCUT2D eigenvalue weighted by Crippen LogP contribution is -2.32. The first-order valence-corrected chi connectivity index (χ1v) is 6.69. The molecule has 0 spiro atoms. The highest BCUT2D eigenvalue weighted by Crippen LogP contribution is 2.31. The third-order valence-electron chi connectivity index (χ3n) is 3.44. The normalized spacial score (nSPS) is 16.9. The van der Waals surface area contributed by atoms with Gasteiger partial charge in [-0.05, 0) is 25.1 Å². The molecule has 1 aromatic carbocycles. The molecule has 0 aliphatic carbocycles. The molecule has 2 aromatic rings. The first-order valence-electron chi connectivity index (χ1n) is 6.69. The molecule has 1 aliphatic heterocycles. The van der Waals surface area contributed by atoms with E-state index < -0.39 is 0 Å². The second-order valence-electron chi connectivity index (χ2n) is 4.89. The van der Waals surface area contributed by atoms with Gasteiger partial charge in [-0.15, -0.1) is 0 Å². The number of carbonyl (C=O) groups is 1. The summed E-state index contributed by atoms with van der Waals surface area (Å²) in [6.45, 7) is 2.52. The molecule has 0 saturated carbocycles. The Morgan fingerprint density at radius 2 is 2.15 bits per heavy atom. The highest BCUT2D eigenvalue weighted by molar-refractivity contribution is 5.94. The van der Waals surface area contributed by atoms with Crippen LogP contribution in [0.1, 0.15) is 34.1 Å². The number of benzene rings is 1. The van der Waals surface area contributed by atoms with E-state index in [9.17, 15) is 4.79 Å². The molecule has 1 aromatic heterocycles. The fourth-order valence-electron chi connectivity index (χ4n) is 2.34. The number of para-hydroxylation sites is 1. The first-order chi connectivity index (χ1) is 9.74. The number of pyridine rings is 1. The first kappa shape index (κ1) is 12.7. The number of carbonyl (C=O) groups excluding carboxylic acids is 1. The van der Waals surface area contributed by atoms with Crippen molar-refractivity contribution < 1.29 is 9.53 Å². The number of rotatable bonds is 2. The van der Waals surface area contributed by atoms with Crippen LogP contribution in [0.25, 0.3) is 0 Å². The van der Waals surface area contributed by atoms with Crippen molar-refractivity contribution in [3.05, 3.63) is 59.4 Å². The summed E-state index contributed by atoms with van der Waals surface area (Å²) in [7, 11) is 0. The summed E-state index contributed by atoms with van der Waals surface area (Å²) in [6, 6.07) is 11.4. The van der Waals surface area contributed by atoms with Crippen LogP contribution in [0.3, 0.4) is 0 Å². The fourth-order valence-corrected chi connectivity index (χ4v) is 2.34. The summed E-state index contributed by atoms with van der Waals surface area (Å²) >= 11 is 0. The third-order valence-corrected chi connectivity index (χ3v) is 3.44. The quantitative estimate of drug-likeness (QED) is 0.911. The second kappa shape index (κ2) is 5.33. The molecule has 2 heterocycles. The van der Waals surface area contributed by atoms with Crippen LogP contribution in [0.4, 0.5) is 0 Å². The number of hydrogen-bond donors (Lipinski definition) is 1. The summed E-state index contributed by atoms with van der Waals surface area (Å²) in [4.78, 5) is 16.4. The van der Waals surface area contributed by atoms with Gasteiger partial charge in [-0.25, -0.2) is 0 Å². The number of hydrogen-bond acceptors (Lipinski definition) is 3. The van der Waals surface area contributed by atoms with Gasteiger partial charge in [-0.1, -0.05) is 18.2 Å². The molecule has 3 rings (SSSR count).